The average Bonchev–Trinajstić information content (AvgIpc) is 2.83. The van der Waals surface area contributed by atoms with Crippen LogP contribution in [0.1, 0.15) is 58.2 Å². The Kier molecular flexibility index (Phi) is 7.83. The van der Waals surface area contributed by atoms with Crippen LogP contribution in [0.15, 0.2) is 60.7 Å². The zero-order valence-electron chi connectivity index (χ0n) is 22.2. The van der Waals surface area contributed by atoms with E-state index in [-0.39, 0.29) is 12.1 Å². The van der Waals surface area contributed by atoms with Crippen molar-refractivity contribution in [3.8, 4) is 17.0 Å². The summed E-state index contributed by atoms with van der Waals surface area (Å²) in [6, 6.07) is 18.1. The number of para-hydroxylation sites is 1. The first-order chi connectivity index (χ1) is 17.9. The third-order valence-corrected chi connectivity index (χ3v) is 6.34. The van der Waals surface area contributed by atoms with Crippen molar-refractivity contribution in [3.05, 3.63) is 76.8 Å². The highest BCUT2D eigenvalue weighted by molar-refractivity contribution is 6.32. The summed E-state index contributed by atoms with van der Waals surface area (Å²) in [6.07, 6.45) is 0.164. The smallest absolute Gasteiger partial charge is 0.408 e. The molecule has 0 spiro atoms. The lowest BCUT2D eigenvalue weighted by Gasteiger charge is -2.29. The van der Waals surface area contributed by atoms with Crippen LogP contribution < -0.4 is 20.7 Å². The first-order valence-corrected chi connectivity index (χ1v) is 12.9. The predicted octanol–water partition coefficient (Wildman–Crippen LogP) is 6.81. The van der Waals surface area contributed by atoms with Crippen LogP contribution in [0.25, 0.3) is 11.3 Å². The zero-order chi connectivity index (χ0) is 27.5. The van der Waals surface area contributed by atoms with Gasteiger partial charge in [-0.2, -0.15) is 0 Å². The second-order valence-corrected chi connectivity index (χ2v) is 11.1. The molecule has 8 nitrogen and oxygen atoms in total. The molecule has 200 valence electrons. The highest BCUT2D eigenvalue weighted by Crippen LogP contribution is 2.37. The second-order valence-electron chi connectivity index (χ2n) is 10.7. The van der Waals surface area contributed by atoms with E-state index in [9.17, 15) is 9.59 Å². The number of benzene rings is 2. The largest absolute Gasteiger partial charge is 0.492 e. The molecule has 2 heterocycles. The number of nitrogens with one attached hydrogen (secondary N) is 3. The van der Waals surface area contributed by atoms with E-state index in [0.29, 0.717) is 35.3 Å². The number of aromatic nitrogens is 1. The van der Waals surface area contributed by atoms with Crippen molar-refractivity contribution in [2.45, 2.75) is 58.2 Å². The minimum absolute atomic E-state index is 0.217. The van der Waals surface area contributed by atoms with Crippen LogP contribution in [-0.2, 0) is 10.3 Å². The van der Waals surface area contributed by atoms with Gasteiger partial charge in [-0.15, -0.1) is 0 Å². The van der Waals surface area contributed by atoms with Crippen LogP contribution in [-0.4, -0.2) is 29.3 Å². The molecule has 2 aromatic carbocycles. The van der Waals surface area contributed by atoms with E-state index in [1.807, 2.05) is 83.1 Å². The van der Waals surface area contributed by atoms with Gasteiger partial charge in [-0.3, -0.25) is 5.32 Å². The lowest BCUT2D eigenvalue weighted by molar-refractivity contribution is 0.0470. The monoisotopic (exact) mass is 536 g/mol. The topological polar surface area (TPSA) is 102 Å². The van der Waals surface area contributed by atoms with Crippen LogP contribution in [0.2, 0.25) is 5.02 Å². The van der Waals surface area contributed by atoms with Gasteiger partial charge in [-0.1, -0.05) is 54.1 Å². The Bertz CT molecular complexity index is 1320. The van der Waals surface area contributed by atoms with Crippen molar-refractivity contribution in [2.24, 2.45) is 0 Å². The number of hydrogen-bond acceptors (Lipinski definition) is 5. The molecule has 0 aliphatic carbocycles. The van der Waals surface area contributed by atoms with Crippen LogP contribution in [0.5, 0.6) is 5.75 Å². The molecular formula is C29H33ClN4O4. The molecule has 38 heavy (non-hydrogen) atoms. The summed E-state index contributed by atoms with van der Waals surface area (Å²) in [5.74, 6) is 1.04. The summed E-state index contributed by atoms with van der Waals surface area (Å²) in [7, 11) is 0. The van der Waals surface area contributed by atoms with Crippen molar-refractivity contribution < 1.29 is 19.1 Å². The van der Waals surface area contributed by atoms with E-state index in [0.717, 1.165) is 16.7 Å². The average molecular weight is 537 g/mol. The van der Waals surface area contributed by atoms with E-state index in [2.05, 4.69) is 20.9 Å². The fourth-order valence-corrected chi connectivity index (χ4v) is 4.44. The summed E-state index contributed by atoms with van der Waals surface area (Å²) in [5.41, 5.74) is 2.13. The van der Waals surface area contributed by atoms with Gasteiger partial charge in [0.25, 0.3) is 0 Å². The molecule has 0 saturated heterocycles. The van der Waals surface area contributed by atoms with Gasteiger partial charge in [0.2, 0.25) is 0 Å². The van der Waals surface area contributed by atoms with Crippen molar-refractivity contribution in [1.82, 2.24) is 15.6 Å². The van der Waals surface area contributed by atoms with Crippen LogP contribution >= 0.6 is 11.6 Å². The number of carbonyl (C=O) groups is 2. The van der Waals surface area contributed by atoms with E-state index in [1.54, 1.807) is 12.1 Å². The van der Waals surface area contributed by atoms with Gasteiger partial charge in [0.05, 0.1) is 28.9 Å². The number of ether oxygens (including phenoxy) is 2. The van der Waals surface area contributed by atoms with Gasteiger partial charge in [0.1, 0.15) is 17.2 Å². The number of nitrogens with zero attached hydrogens (tertiary/aromatic N) is 1. The number of rotatable bonds is 5. The minimum atomic E-state index is -0.636. The Morgan fingerprint density at radius 3 is 2.42 bits per heavy atom. The highest BCUT2D eigenvalue weighted by Gasteiger charge is 2.27. The SMILES string of the molecule is CC(C)(C)OC(=O)NC(C)(C)c1ccc(-c2cccc(NC(=O)N[C@H]3CCOc4c(Cl)cccc43)n2)cc1. The van der Waals surface area contributed by atoms with Gasteiger partial charge < -0.3 is 20.1 Å². The van der Waals surface area contributed by atoms with E-state index < -0.39 is 17.2 Å². The van der Waals surface area contributed by atoms with Gasteiger partial charge in [0.15, 0.2) is 0 Å². The van der Waals surface area contributed by atoms with Crippen molar-refractivity contribution >= 4 is 29.5 Å². The minimum Gasteiger partial charge on any atom is -0.492 e. The van der Waals surface area contributed by atoms with E-state index >= 15 is 0 Å². The molecule has 0 bridgehead atoms. The summed E-state index contributed by atoms with van der Waals surface area (Å²) in [5, 5.41) is 9.26. The van der Waals surface area contributed by atoms with Gasteiger partial charge in [-0.05, 0) is 58.4 Å². The number of alkyl carbamates (subject to hydrolysis) is 1. The Morgan fingerprint density at radius 1 is 1.00 bits per heavy atom. The fraction of sp³-hybridized carbons (Fsp3) is 0.345. The van der Waals surface area contributed by atoms with Gasteiger partial charge in [0, 0.05) is 17.5 Å². The summed E-state index contributed by atoms with van der Waals surface area (Å²) in [4.78, 5) is 29.6. The molecule has 1 aliphatic heterocycles. The molecule has 0 saturated carbocycles. The lowest BCUT2D eigenvalue weighted by Crippen LogP contribution is -2.43. The maximum Gasteiger partial charge on any atom is 0.408 e. The maximum absolute atomic E-state index is 12.8. The molecule has 1 atom stereocenters. The van der Waals surface area contributed by atoms with Crippen molar-refractivity contribution in [3.63, 3.8) is 0 Å². The highest BCUT2D eigenvalue weighted by atomic mass is 35.5. The summed E-state index contributed by atoms with van der Waals surface area (Å²) in [6.45, 7) is 9.78. The standard InChI is InChI=1S/C29H33ClN4O4/c1-28(2,3)38-27(36)34-29(4,5)19-14-12-18(13-15-19)22-10-7-11-24(31-22)33-26(35)32-23-16-17-37-25-20(23)8-6-9-21(25)30/h6-15,23H,16-17H2,1-5H3,(H,34,36)(H2,31,32,33,35)/t23-/m0/s1. The molecular weight excluding hydrogens is 504 g/mol. The van der Waals surface area contributed by atoms with Crippen molar-refractivity contribution in [1.29, 1.82) is 0 Å². The summed E-state index contributed by atoms with van der Waals surface area (Å²) >= 11 is 6.24. The molecule has 0 unspecified atom stereocenters. The number of carbonyl (C=O) groups excluding carboxylic acids is 2. The fourth-order valence-electron chi connectivity index (χ4n) is 4.20. The molecule has 1 aromatic heterocycles. The maximum atomic E-state index is 12.8. The number of amides is 3. The second kappa shape index (κ2) is 10.9. The van der Waals surface area contributed by atoms with E-state index in [1.165, 1.54) is 0 Å². The quantitative estimate of drug-likeness (QED) is 0.332. The third kappa shape index (κ3) is 6.75. The number of anilines is 1. The Hall–Kier alpha value is -3.78. The molecule has 9 heteroatoms. The Labute approximate surface area is 228 Å². The molecule has 3 aromatic rings. The molecule has 3 amide bonds. The van der Waals surface area contributed by atoms with Crippen LogP contribution in [0, 0.1) is 0 Å². The predicted molar refractivity (Wildman–Crippen MR) is 149 cm³/mol. The number of fused-ring (bicyclic) bond motifs is 1. The van der Waals surface area contributed by atoms with Crippen LogP contribution in [0.4, 0.5) is 15.4 Å². The summed E-state index contributed by atoms with van der Waals surface area (Å²) < 4.78 is 11.1. The first kappa shape index (κ1) is 27.3. The normalized spacial score (nSPS) is 15.1. The molecule has 0 fully saturated rings. The number of hydrogen-bond donors (Lipinski definition) is 3. The first-order valence-electron chi connectivity index (χ1n) is 12.5. The molecule has 1 aliphatic rings. The lowest BCUT2D eigenvalue weighted by atomic mass is 9.93. The number of pyridine rings is 1. The van der Waals surface area contributed by atoms with Gasteiger partial charge >= 0.3 is 12.1 Å². The molecule has 0 radical (unpaired) electrons. The Morgan fingerprint density at radius 2 is 1.71 bits per heavy atom. The Balaban J connectivity index is 1.41. The zero-order valence-corrected chi connectivity index (χ0v) is 23.0. The number of halogens is 1. The third-order valence-electron chi connectivity index (χ3n) is 6.04. The molecule has 4 rings (SSSR count). The van der Waals surface area contributed by atoms with E-state index in [4.69, 9.17) is 21.1 Å². The van der Waals surface area contributed by atoms with Gasteiger partial charge in [-0.25, -0.2) is 14.6 Å². The molecule has 3 N–H and O–H groups in total. The van der Waals surface area contributed by atoms with Crippen molar-refractivity contribution in [2.75, 3.05) is 11.9 Å². The number of urea groups is 1. The van der Waals surface area contributed by atoms with Crippen LogP contribution in [0.3, 0.4) is 0 Å².